The van der Waals surface area contributed by atoms with Gasteiger partial charge in [-0.05, 0) is 37.5 Å². The number of ether oxygens (including phenoxy) is 1. The van der Waals surface area contributed by atoms with Crippen molar-refractivity contribution >= 4 is 15.9 Å². The minimum atomic E-state index is 0.683. The second-order valence-corrected chi connectivity index (χ2v) is 5.48. The zero-order valence-corrected chi connectivity index (χ0v) is 12.0. The minimum absolute atomic E-state index is 0.683. The minimum Gasteiger partial charge on any atom is -0.493 e. The molecule has 0 aromatic heterocycles. The van der Waals surface area contributed by atoms with Crippen molar-refractivity contribution in [3.8, 4) is 18.1 Å². The summed E-state index contributed by atoms with van der Waals surface area (Å²) in [7, 11) is 0. The summed E-state index contributed by atoms with van der Waals surface area (Å²) in [6.45, 7) is 1.55. The molecule has 0 saturated heterocycles. The van der Waals surface area contributed by atoms with E-state index in [4.69, 9.17) is 11.2 Å². The van der Waals surface area contributed by atoms with Gasteiger partial charge < -0.3 is 10.1 Å². The number of nitrogens with one attached hydrogen (secondary N) is 1. The van der Waals surface area contributed by atoms with Gasteiger partial charge in [0, 0.05) is 29.0 Å². The summed E-state index contributed by atoms with van der Waals surface area (Å²) < 4.78 is 6.88. The van der Waals surface area contributed by atoms with Crippen molar-refractivity contribution in [2.24, 2.45) is 0 Å². The Morgan fingerprint density at radius 2 is 2.28 bits per heavy atom. The van der Waals surface area contributed by atoms with E-state index in [0.717, 1.165) is 29.6 Å². The molecule has 0 amide bonds. The first-order valence-corrected chi connectivity index (χ1v) is 7.17. The Morgan fingerprint density at radius 1 is 1.44 bits per heavy atom. The van der Waals surface area contributed by atoms with E-state index in [1.807, 2.05) is 12.1 Å². The van der Waals surface area contributed by atoms with E-state index in [-0.39, 0.29) is 0 Å². The number of halogens is 1. The summed E-state index contributed by atoms with van der Waals surface area (Å²) in [5.41, 5.74) is 1.21. The van der Waals surface area contributed by atoms with Crippen molar-refractivity contribution in [1.82, 2.24) is 5.32 Å². The van der Waals surface area contributed by atoms with E-state index in [1.165, 1.54) is 18.4 Å². The molecule has 96 valence electrons. The van der Waals surface area contributed by atoms with Crippen LogP contribution in [0.2, 0.25) is 0 Å². The quantitative estimate of drug-likeness (QED) is 0.615. The maximum absolute atomic E-state index is 5.79. The van der Waals surface area contributed by atoms with Crippen LogP contribution in [0.15, 0.2) is 22.7 Å². The standard InChI is InChI=1S/C15H18BrNO/c1-2-3-4-9-18-15-8-5-13(16)10-12(15)11-17-14-6-7-14/h1,5,8,10,14,17H,3-4,6-7,9,11H2. The van der Waals surface area contributed by atoms with Crippen LogP contribution < -0.4 is 10.1 Å². The molecule has 2 rings (SSSR count). The fraction of sp³-hybridized carbons (Fsp3) is 0.467. The van der Waals surface area contributed by atoms with Crippen molar-refractivity contribution in [3.05, 3.63) is 28.2 Å². The van der Waals surface area contributed by atoms with Crippen LogP contribution in [-0.4, -0.2) is 12.6 Å². The number of benzene rings is 1. The fourth-order valence-electron chi connectivity index (χ4n) is 1.73. The van der Waals surface area contributed by atoms with Crippen molar-refractivity contribution < 1.29 is 4.74 Å². The maximum atomic E-state index is 5.79. The van der Waals surface area contributed by atoms with Gasteiger partial charge in [-0.2, -0.15) is 0 Å². The molecule has 18 heavy (non-hydrogen) atoms. The highest BCUT2D eigenvalue weighted by Crippen LogP contribution is 2.25. The summed E-state index contributed by atoms with van der Waals surface area (Å²) >= 11 is 3.50. The highest BCUT2D eigenvalue weighted by Gasteiger charge is 2.20. The average molecular weight is 308 g/mol. The van der Waals surface area contributed by atoms with Gasteiger partial charge in [0.1, 0.15) is 5.75 Å². The Kier molecular flexibility index (Phi) is 5.10. The predicted octanol–water partition coefficient (Wildman–Crippen LogP) is 3.49. The molecule has 0 heterocycles. The van der Waals surface area contributed by atoms with Gasteiger partial charge in [0.15, 0.2) is 0 Å². The molecule has 1 fully saturated rings. The molecular weight excluding hydrogens is 290 g/mol. The summed E-state index contributed by atoms with van der Waals surface area (Å²) in [5.74, 6) is 3.59. The van der Waals surface area contributed by atoms with E-state index < -0.39 is 0 Å². The molecule has 0 bridgehead atoms. The van der Waals surface area contributed by atoms with Gasteiger partial charge in [-0.1, -0.05) is 15.9 Å². The van der Waals surface area contributed by atoms with Crippen LogP contribution >= 0.6 is 15.9 Å². The molecule has 0 radical (unpaired) electrons. The number of rotatable bonds is 7. The van der Waals surface area contributed by atoms with E-state index in [1.54, 1.807) is 0 Å². The van der Waals surface area contributed by atoms with Crippen LogP contribution in [0.1, 0.15) is 31.2 Å². The fourth-order valence-corrected chi connectivity index (χ4v) is 2.13. The second-order valence-electron chi connectivity index (χ2n) is 4.56. The maximum Gasteiger partial charge on any atom is 0.123 e. The SMILES string of the molecule is C#CCCCOc1ccc(Br)cc1CNC1CC1. The molecule has 0 aliphatic heterocycles. The Bertz CT molecular complexity index is 435. The van der Waals surface area contributed by atoms with Crippen LogP contribution in [0.25, 0.3) is 0 Å². The lowest BCUT2D eigenvalue weighted by Gasteiger charge is -2.12. The van der Waals surface area contributed by atoms with E-state index in [0.29, 0.717) is 12.6 Å². The molecule has 1 aromatic rings. The predicted molar refractivity (Wildman–Crippen MR) is 77.6 cm³/mol. The van der Waals surface area contributed by atoms with E-state index in [2.05, 4.69) is 33.2 Å². The lowest BCUT2D eigenvalue weighted by atomic mass is 10.2. The molecule has 1 saturated carbocycles. The number of hydrogen-bond acceptors (Lipinski definition) is 2. The van der Waals surface area contributed by atoms with Crippen LogP contribution in [0.4, 0.5) is 0 Å². The molecule has 2 nitrogen and oxygen atoms in total. The van der Waals surface area contributed by atoms with E-state index in [9.17, 15) is 0 Å². The van der Waals surface area contributed by atoms with Gasteiger partial charge in [-0.3, -0.25) is 0 Å². The summed E-state index contributed by atoms with van der Waals surface area (Å²) in [6, 6.07) is 6.85. The normalized spacial score (nSPS) is 14.2. The third kappa shape index (κ3) is 4.36. The molecule has 1 aromatic carbocycles. The van der Waals surface area contributed by atoms with Crippen LogP contribution in [0, 0.1) is 12.3 Å². The van der Waals surface area contributed by atoms with Crippen molar-refractivity contribution in [2.75, 3.05) is 6.61 Å². The summed E-state index contributed by atoms with van der Waals surface area (Å²) in [4.78, 5) is 0. The van der Waals surface area contributed by atoms with Crippen molar-refractivity contribution in [3.63, 3.8) is 0 Å². The molecule has 3 heteroatoms. The van der Waals surface area contributed by atoms with Gasteiger partial charge in [-0.15, -0.1) is 12.3 Å². The Balaban J connectivity index is 1.91. The Morgan fingerprint density at radius 3 is 3.00 bits per heavy atom. The molecule has 1 N–H and O–H groups in total. The highest BCUT2D eigenvalue weighted by molar-refractivity contribution is 9.10. The van der Waals surface area contributed by atoms with Crippen LogP contribution in [-0.2, 0) is 6.54 Å². The molecule has 1 aliphatic carbocycles. The Hall–Kier alpha value is -0.980. The van der Waals surface area contributed by atoms with Gasteiger partial charge in [-0.25, -0.2) is 0 Å². The third-order valence-corrected chi connectivity index (χ3v) is 3.40. The molecule has 1 aliphatic rings. The lowest BCUT2D eigenvalue weighted by Crippen LogP contribution is -2.16. The smallest absolute Gasteiger partial charge is 0.123 e. The molecular formula is C15H18BrNO. The van der Waals surface area contributed by atoms with E-state index >= 15 is 0 Å². The van der Waals surface area contributed by atoms with Crippen molar-refractivity contribution in [2.45, 2.75) is 38.3 Å². The topological polar surface area (TPSA) is 21.3 Å². The number of hydrogen-bond donors (Lipinski definition) is 1. The van der Waals surface area contributed by atoms with Gasteiger partial charge in [0.05, 0.1) is 6.61 Å². The van der Waals surface area contributed by atoms with Gasteiger partial charge in [0.25, 0.3) is 0 Å². The molecule has 0 unspecified atom stereocenters. The van der Waals surface area contributed by atoms with Crippen LogP contribution in [0.5, 0.6) is 5.75 Å². The first kappa shape index (κ1) is 13.5. The summed E-state index contributed by atoms with van der Waals surface area (Å²) in [5, 5.41) is 3.51. The number of unbranched alkanes of at least 4 members (excludes halogenated alkanes) is 1. The van der Waals surface area contributed by atoms with Crippen molar-refractivity contribution in [1.29, 1.82) is 0 Å². The zero-order valence-electron chi connectivity index (χ0n) is 10.4. The highest BCUT2D eigenvalue weighted by atomic mass is 79.9. The molecule has 0 atom stereocenters. The average Bonchev–Trinajstić information content (AvgIpc) is 3.18. The second kappa shape index (κ2) is 6.82. The number of terminal acetylenes is 1. The molecule has 0 spiro atoms. The zero-order chi connectivity index (χ0) is 12.8. The lowest BCUT2D eigenvalue weighted by molar-refractivity contribution is 0.309. The first-order valence-electron chi connectivity index (χ1n) is 6.37. The Labute approximate surface area is 117 Å². The summed E-state index contributed by atoms with van der Waals surface area (Å²) in [6.07, 6.45) is 9.49. The van der Waals surface area contributed by atoms with Gasteiger partial charge in [0.2, 0.25) is 0 Å². The largest absolute Gasteiger partial charge is 0.493 e. The first-order chi connectivity index (χ1) is 8.79. The van der Waals surface area contributed by atoms with Gasteiger partial charge >= 0.3 is 0 Å². The van der Waals surface area contributed by atoms with Crippen LogP contribution in [0.3, 0.4) is 0 Å². The third-order valence-electron chi connectivity index (χ3n) is 2.90. The monoisotopic (exact) mass is 307 g/mol.